The number of thiophene rings is 1. The Kier molecular flexibility index (Phi) is 5.18. The van der Waals surface area contributed by atoms with Gasteiger partial charge in [-0.25, -0.2) is 0 Å². The molecule has 0 unspecified atom stereocenters. The summed E-state index contributed by atoms with van der Waals surface area (Å²) in [4.78, 5) is 27.0. The van der Waals surface area contributed by atoms with Gasteiger partial charge in [0.05, 0.1) is 12.2 Å². The molecule has 2 aromatic rings. The van der Waals surface area contributed by atoms with Crippen LogP contribution in [0, 0.1) is 13.8 Å². The summed E-state index contributed by atoms with van der Waals surface area (Å²) in [7, 11) is 1.66. The SMILES string of the molecule is Cc1ccc(C)n1-c1ccsc1C(=O)N(C)CC(=O)NC(C)(C)C. The van der Waals surface area contributed by atoms with Crippen molar-refractivity contribution < 1.29 is 9.59 Å². The standard InChI is InChI=1S/C18H25N3O2S/c1-12-7-8-13(2)21(12)14-9-10-24-16(14)17(23)20(6)11-15(22)19-18(3,4)5/h7-10H,11H2,1-6H3,(H,19,22). The highest BCUT2D eigenvalue weighted by molar-refractivity contribution is 7.12. The van der Waals surface area contributed by atoms with E-state index in [1.807, 2.05) is 58.2 Å². The molecule has 24 heavy (non-hydrogen) atoms. The van der Waals surface area contributed by atoms with E-state index in [-0.39, 0.29) is 23.9 Å². The maximum atomic E-state index is 12.8. The molecule has 2 heterocycles. The summed E-state index contributed by atoms with van der Waals surface area (Å²) in [6.07, 6.45) is 0. The molecule has 0 aliphatic carbocycles. The Morgan fingerprint density at radius 3 is 2.29 bits per heavy atom. The first-order valence-electron chi connectivity index (χ1n) is 7.89. The van der Waals surface area contributed by atoms with E-state index in [9.17, 15) is 9.59 Å². The fourth-order valence-electron chi connectivity index (χ4n) is 2.61. The molecule has 0 saturated heterocycles. The van der Waals surface area contributed by atoms with Gasteiger partial charge in [0, 0.05) is 24.0 Å². The fraction of sp³-hybridized carbons (Fsp3) is 0.444. The molecule has 2 aromatic heterocycles. The van der Waals surface area contributed by atoms with Gasteiger partial charge in [0.15, 0.2) is 0 Å². The largest absolute Gasteiger partial charge is 0.350 e. The maximum Gasteiger partial charge on any atom is 0.266 e. The van der Waals surface area contributed by atoms with Crippen molar-refractivity contribution in [3.63, 3.8) is 0 Å². The Hall–Kier alpha value is -2.08. The first-order valence-corrected chi connectivity index (χ1v) is 8.77. The topological polar surface area (TPSA) is 54.3 Å². The zero-order valence-electron chi connectivity index (χ0n) is 15.1. The number of amides is 2. The molecule has 6 heteroatoms. The number of aryl methyl sites for hydroxylation is 2. The van der Waals surface area contributed by atoms with Crippen molar-refractivity contribution in [3.8, 4) is 5.69 Å². The highest BCUT2D eigenvalue weighted by atomic mass is 32.1. The third-order valence-corrected chi connectivity index (χ3v) is 4.48. The van der Waals surface area contributed by atoms with Crippen LogP contribution < -0.4 is 5.32 Å². The highest BCUT2D eigenvalue weighted by Crippen LogP contribution is 2.26. The summed E-state index contributed by atoms with van der Waals surface area (Å²) in [5.41, 5.74) is 2.71. The van der Waals surface area contributed by atoms with Crippen LogP contribution in [0.15, 0.2) is 23.6 Å². The molecule has 0 spiro atoms. The van der Waals surface area contributed by atoms with Gasteiger partial charge in [-0.05, 0) is 58.2 Å². The second-order valence-electron chi connectivity index (χ2n) is 7.05. The molecule has 2 rings (SSSR count). The van der Waals surface area contributed by atoms with Crippen LogP contribution in [0.4, 0.5) is 0 Å². The third kappa shape index (κ3) is 4.06. The molecular weight excluding hydrogens is 322 g/mol. The number of rotatable bonds is 4. The van der Waals surface area contributed by atoms with Gasteiger partial charge < -0.3 is 14.8 Å². The zero-order chi connectivity index (χ0) is 18.1. The Labute approximate surface area is 147 Å². The summed E-state index contributed by atoms with van der Waals surface area (Å²) < 4.78 is 2.06. The smallest absolute Gasteiger partial charge is 0.266 e. The van der Waals surface area contributed by atoms with Crippen molar-refractivity contribution in [2.45, 2.75) is 40.2 Å². The monoisotopic (exact) mass is 347 g/mol. The number of hydrogen-bond donors (Lipinski definition) is 1. The average molecular weight is 347 g/mol. The average Bonchev–Trinajstić information content (AvgIpc) is 3.02. The number of nitrogens with zero attached hydrogens (tertiary/aromatic N) is 2. The van der Waals surface area contributed by atoms with Gasteiger partial charge in [-0.3, -0.25) is 9.59 Å². The van der Waals surface area contributed by atoms with Gasteiger partial charge in [0.2, 0.25) is 5.91 Å². The van der Waals surface area contributed by atoms with Crippen molar-refractivity contribution in [3.05, 3.63) is 39.8 Å². The Balaban J connectivity index is 2.20. The van der Waals surface area contributed by atoms with Crippen LogP contribution in [-0.2, 0) is 4.79 Å². The number of likely N-dealkylation sites (N-methyl/N-ethyl adjacent to an activating group) is 1. The Morgan fingerprint density at radius 2 is 1.75 bits per heavy atom. The van der Waals surface area contributed by atoms with Crippen molar-refractivity contribution >= 4 is 23.2 Å². The number of carbonyl (C=O) groups excluding carboxylic acids is 2. The van der Waals surface area contributed by atoms with E-state index in [2.05, 4.69) is 9.88 Å². The van der Waals surface area contributed by atoms with Crippen molar-refractivity contribution in [1.29, 1.82) is 0 Å². The van der Waals surface area contributed by atoms with Crippen LogP contribution in [0.1, 0.15) is 41.8 Å². The second-order valence-corrected chi connectivity index (χ2v) is 7.96. The Bertz CT molecular complexity index is 733. The molecule has 0 saturated carbocycles. The minimum Gasteiger partial charge on any atom is -0.350 e. The van der Waals surface area contributed by atoms with E-state index in [0.29, 0.717) is 4.88 Å². The van der Waals surface area contributed by atoms with Crippen molar-refractivity contribution in [2.75, 3.05) is 13.6 Å². The molecule has 0 aliphatic rings. The summed E-state index contributed by atoms with van der Waals surface area (Å²) in [6, 6.07) is 6.00. The number of carbonyl (C=O) groups is 2. The quantitative estimate of drug-likeness (QED) is 0.924. The zero-order valence-corrected chi connectivity index (χ0v) is 16.0. The third-order valence-electron chi connectivity index (χ3n) is 3.59. The summed E-state index contributed by atoms with van der Waals surface area (Å²) in [5.74, 6) is -0.304. The van der Waals surface area contributed by atoms with Crippen LogP contribution in [0.5, 0.6) is 0 Å². The number of aromatic nitrogens is 1. The van der Waals surface area contributed by atoms with Gasteiger partial charge in [-0.1, -0.05) is 0 Å². The lowest BCUT2D eigenvalue weighted by molar-refractivity contribution is -0.122. The minimum atomic E-state index is -0.311. The predicted octanol–water partition coefficient (Wildman–Crippen LogP) is 3.14. The van der Waals surface area contributed by atoms with Crippen LogP contribution >= 0.6 is 11.3 Å². The number of nitrogens with one attached hydrogen (secondary N) is 1. The van der Waals surface area contributed by atoms with Gasteiger partial charge in [-0.15, -0.1) is 11.3 Å². The minimum absolute atomic E-state index is 0.0388. The maximum absolute atomic E-state index is 12.8. The molecule has 0 atom stereocenters. The molecule has 0 aromatic carbocycles. The van der Waals surface area contributed by atoms with Gasteiger partial charge >= 0.3 is 0 Å². The molecule has 0 aliphatic heterocycles. The fourth-order valence-corrected chi connectivity index (χ4v) is 3.48. The first-order chi connectivity index (χ1) is 11.1. The van der Waals surface area contributed by atoms with E-state index in [0.717, 1.165) is 17.1 Å². The van der Waals surface area contributed by atoms with E-state index < -0.39 is 0 Å². The van der Waals surface area contributed by atoms with E-state index in [4.69, 9.17) is 0 Å². The lowest BCUT2D eigenvalue weighted by Gasteiger charge is -2.23. The van der Waals surface area contributed by atoms with Crippen molar-refractivity contribution in [2.24, 2.45) is 0 Å². The van der Waals surface area contributed by atoms with Crippen molar-refractivity contribution in [1.82, 2.24) is 14.8 Å². The van der Waals surface area contributed by atoms with Crippen LogP contribution in [0.25, 0.3) is 5.69 Å². The number of hydrogen-bond acceptors (Lipinski definition) is 3. The molecule has 0 radical (unpaired) electrons. The van der Waals surface area contributed by atoms with Crippen LogP contribution in [0.3, 0.4) is 0 Å². The van der Waals surface area contributed by atoms with Gasteiger partial charge in [0.25, 0.3) is 5.91 Å². The molecule has 2 amide bonds. The van der Waals surface area contributed by atoms with Gasteiger partial charge in [-0.2, -0.15) is 0 Å². The van der Waals surface area contributed by atoms with E-state index in [1.165, 1.54) is 16.2 Å². The van der Waals surface area contributed by atoms with E-state index in [1.54, 1.807) is 7.05 Å². The molecule has 1 N–H and O–H groups in total. The first kappa shape index (κ1) is 18.3. The lowest BCUT2D eigenvalue weighted by Crippen LogP contribution is -2.46. The summed E-state index contributed by atoms with van der Waals surface area (Å²) >= 11 is 1.40. The predicted molar refractivity (Wildman–Crippen MR) is 98.0 cm³/mol. The molecule has 5 nitrogen and oxygen atoms in total. The molecule has 0 fully saturated rings. The molecule has 130 valence electrons. The highest BCUT2D eigenvalue weighted by Gasteiger charge is 2.22. The molecular formula is C18H25N3O2S. The lowest BCUT2D eigenvalue weighted by atomic mass is 10.1. The summed E-state index contributed by atoms with van der Waals surface area (Å²) in [6.45, 7) is 9.82. The second kappa shape index (κ2) is 6.81. The van der Waals surface area contributed by atoms with E-state index >= 15 is 0 Å². The normalized spacial score (nSPS) is 11.4. The van der Waals surface area contributed by atoms with Crippen LogP contribution in [0.2, 0.25) is 0 Å². The molecule has 0 bridgehead atoms. The van der Waals surface area contributed by atoms with Gasteiger partial charge in [0.1, 0.15) is 4.88 Å². The summed E-state index contributed by atoms with van der Waals surface area (Å²) in [5, 5.41) is 4.78. The van der Waals surface area contributed by atoms with Crippen LogP contribution in [-0.4, -0.2) is 40.4 Å². The Morgan fingerprint density at radius 1 is 1.17 bits per heavy atom.